The number of rotatable bonds is 1. The van der Waals surface area contributed by atoms with Crippen LogP contribution in [0.25, 0.3) is 0 Å². The Balaban J connectivity index is 2.31. The molecule has 0 saturated heterocycles. The van der Waals surface area contributed by atoms with E-state index in [2.05, 4.69) is 17.2 Å². The van der Waals surface area contributed by atoms with Gasteiger partial charge in [0.1, 0.15) is 5.84 Å². The number of nitrogens with one attached hydrogen (secondary N) is 1. The molecule has 0 saturated carbocycles. The predicted molar refractivity (Wildman–Crippen MR) is 54.9 cm³/mol. The van der Waals surface area contributed by atoms with Crippen LogP contribution < -0.4 is 11.1 Å². The second kappa shape index (κ2) is 3.09. The summed E-state index contributed by atoms with van der Waals surface area (Å²) in [6.07, 6.45) is 0. The molecule has 3 N–H and O–H groups in total. The van der Waals surface area contributed by atoms with E-state index in [9.17, 15) is 0 Å². The zero-order valence-corrected chi connectivity index (χ0v) is 7.62. The minimum Gasteiger partial charge on any atom is -0.398 e. The second-order valence-electron chi connectivity index (χ2n) is 3.32. The van der Waals surface area contributed by atoms with Gasteiger partial charge in [0.25, 0.3) is 0 Å². The van der Waals surface area contributed by atoms with Gasteiger partial charge in [-0.05, 0) is 19.1 Å². The molecule has 2 rings (SSSR count). The molecule has 0 aromatic heterocycles. The standard InChI is InChI=1S/C10H13N3/c1-7-6-12-10(13-7)8-4-2-3-5-9(8)11/h2-5,7H,6,11H2,1H3,(H,12,13)/t7-/m0/s1. The maximum Gasteiger partial charge on any atom is 0.130 e. The fourth-order valence-electron chi connectivity index (χ4n) is 1.43. The maximum atomic E-state index is 5.82. The third kappa shape index (κ3) is 1.49. The van der Waals surface area contributed by atoms with Gasteiger partial charge in [-0.1, -0.05) is 12.1 Å². The van der Waals surface area contributed by atoms with Crippen LogP contribution in [0.4, 0.5) is 5.69 Å². The number of benzene rings is 1. The predicted octanol–water partition coefficient (Wildman–Crippen LogP) is 1.01. The number of aliphatic imine (C=N–C) groups is 1. The van der Waals surface area contributed by atoms with E-state index in [0.717, 1.165) is 23.6 Å². The number of nitrogens with two attached hydrogens (primary N) is 1. The van der Waals surface area contributed by atoms with Crippen LogP contribution in [0.2, 0.25) is 0 Å². The van der Waals surface area contributed by atoms with Crippen LogP contribution in [0.1, 0.15) is 12.5 Å². The van der Waals surface area contributed by atoms with Crippen LogP contribution in [0.3, 0.4) is 0 Å². The van der Waals surface area contributed by atoms with Crippen molar-refractivity contribution in [3.63, 3.8) is 0 Å². The van der Waals surface area contributed by atoms with E-state index in [1.807, 2.05) is 24.3 Å². The Hall–Kier alpha value is -1.51. The lowest BCUT2D eigenvalue weighted by molar-refractivity contribution is 0.726. The van der Waals surface area contributed by atoms with E-state index >= 15 is 0 Å². The first-order valence-corrected chi connectivity index (χ1v) is 4.43. The van der Waals surface area contributed by atoms with Gasteiger partial charge in [0.05, 0.1) is 6.54 Å². The molecule has 13 heavy (non-hydrogen) atoms. The molecule has 0 spiro atoms. The highest BCUT2D eigenvalue weighted by Gasteiger charge is 2.15. The summed E-state index contributed by atoms with van der Waals surface area (Å²) in [4.78, 5) is 4.37. The first-order valence-electron chi connectivity index (χ1n) is 4.43. The Morgan fingerprint density at radius 3 is 2.85 bits per heavy atom. The smallest absolute Gasteiger partial charge is 0.130 e. The first kappa shape index (κ1) is 8.10. The fraction of sp³-hybridized carbons (Fsp3) is 0.300. The topological polar surface area (TPSA) is 50.4 Å². The summed E-state index contributed by atoms with van der Waals surface area (Å²) in [5.41, 5.74) is 7.61. The van der Waals surface area contributed by atoms with Gasteiger partial charge >= 0.3 is 0 Å². The highest BCUT2D eigenvalue weighted by molar-refractivity contribution is 6.04. The zero-order chi connectivity index (χ0) is 9.26. The molecule has 1 atom stereocenters. The quantitative estimate of drug-likeness (QED) is 0.626. The van der Waals surface area contributed by atoms with Crippen molar-refractivity contribution in [2.45, 2.75) is 13.0 Å². The lowest BCUT2D eigenvalue weighted by atomic mass is 10.1. The van der Waals surface area contributed by atoms with E-state index in [1.54, 1.807) is 0 Å². The van der Waals surface area contributed by atoms with Crippen molar-refractivity contribution in [3.8, 4) is 0 Å². The molecule has 3 heteroatoms. The number of hydrogen-bond donors (Lipinski definition) is 2. The Morgan fingerprint density at radius 1 is 1.46 bits per heavy atom. The molecule has 0 amide bonds. The van der Waals surface area contributed by atoms with Crippen molar-refractivity contribution in [1.82, 2.24) is 5.32 Å². The molecule has 1 aliphatic heterocycles. The molecule has 1 aromatic rings. The van der Waals surface area contributed by atoms with Crippen molar-refractivity contribution in [2.24, 2.45) is 4.99 Å². The number of anilines is 1. The minimum absolute atomic E-state index is 0.426. The van der Waals surface area contributed by atoms with Gasteiger partial charge in [-0.2, -0.15) is 0 Å². The van der Waals surface area contributed by atoms with Gasteiger partial charge in [-0.3, -0.25) is 4.99 Å². The van der Waals surface area contributed by atoms with Crippen molar-refractivity contribution in [3.05, 3.63) is 29.8 Å². The summed E-state index contributed by atoms with van der Waals surface area (Å²) in [6.45, 7) is 2.94. The van der Waals surface area contributed by atoms with Crippen LogP contribution in [-0.2, 0) is 0 Å². The summed E-state index contributed by atoms with van der Waals surface area (Å²) in [5.74, 6) is 0.922. The van der Waals surface area contributed by atoms with E-state index < -0.39 is 0 Å². The molecular weight excluding hydrogens is 162 g/mol. The van der Waals surface area contributed by atoms with Crippen molar-refractivity contribution in [2.75, 3.05) is 12.3 Å². The molecule has 0 bridgehead atoms. The Bertz CT molecular complexity index is 344. The highest BCUT2D eigenvalue weighted by atomic mass is 15.1. The number of nitrogens with zero attached hydrogens (tertiary/aromatic N) is 1. The van der Waals surface area contributed by atoms with Gasteiger partial charge in [-0.25, -0.2) is 0 Å². The Labute approximate surface area is 77.7 Å². The third-order valence-corrected chi connectivity index (χ3v) is 2.12. The summed E-state index contributed by atoms with van der Waals surface area (Å²) >= 11 is 0. The molecule has 1 aromatic carbocycles. The average molecular weight is 175 g/mol. The van der Waals surface area contributed by atoms with Crippen LogP contribution >= 0.6 is 0 Å². The third-order valence-electron chi connectivity index (χ3n) is 2.12. The summed E-state index contributed by atoms with van der Waals surface area (Å²) < 4.78 is 0. The Morgan fingerprint density at radius 2 is 2.23 bits per heavy atom. The summed E-state index contributed by atoms with van der Waals surface area (Å²) in [6, 6.07) is 8.20. The number of nitrogen functional groups attached to an aromatic ring is 1. The molecule has 0 fully saturated rings. The van der Waals surface area contributed by atoms with Gasteiger partial charge < -0.3 is 11.1 Å². The molecule has 3 nitrogen and oxygen atoms in total. The number of amidine groups is 1. The van der Waals surface area contributed by atoms with E-state index in [4.69, 9.17) is 5.73 Å². The number of para-hydroxylation sites is 1. The van der Waals surface area contributed by atoms with E-state index in [0.29, 0.717) is 6.04 Å². The van der Waals surface area contributed by atoms with Gasteiger partial charge in [-0.15, -0.1) is 0 Å². The molecule has 0 radical (unpaired) electrons. The van der Waals surface area contributed by atoms with Gasteiger partial charge in [0, 0.05) is 17.3 Å². The average Bonchev–Trinajstić information content (AvgIpc) is 2.53. The van der Waals surface area contributed by atoms with Crippen LogP contribution in [0.15, 0.2) is 29.3 Å². The molecule has 68 valence electrons. The van der Waals surface area contributed by atoms with Gasteiger partial charge in [0.15, 0.2) is 0 Å². The van der Waals surface area contributed by atoms with Gasteiger partial charge in [0.2, 0.25) is 0 Å². The highest BCUT2D eigenvalue weighted by Crippen LogP contribution is 2.13. The van der Waals surface area contributed by atoms with E-state index in [1.165, 1.54) is 0 Å². The normalized spacial score (nSPS) is 21.0. The Kier molecular flexibility index (Phi) is 1.93. The SMILES string of the molecule is C[C@H]1CN=C(c2ccccc2N)N1. The van der Waals surface area contributed by atoms with Crippen LogP contribution in [0, 0.1) is 0 Å². The first-order chi connectivity index (χ1) is 6.27. The maximum absolute atomic E-state index is 5.82. The summed E-state index contributed by atoms with van der Waals surface area (Å²) in [7, 11) is 0. The lowest BCUT2D eigenvalue weighted by Gasteiger charge is -2.07. The van der Waals surface area contributed by atoms with E-state index in [-0.39, 0.29) is 0 Å². The fourth-order valence-corrected chi connectivity index (χ4v) is 1.43. The van der Waals surface area contributed by atoms with Crippen LogP contribution in [-0.4, -0.2) is 18.4 Å². The lowest BCUT2D eigenvalue weighted by Crippen LogP contribution is -2.28. The second-order valence-corrected chi connectivity index (χ2v) is 3.32. The molecule has 0 aliphatic carbocycles. The molecule has 0 unspecified atom stereocenters. The minimum atomic E-state index is 0.426. The summed E-state index contributed by atoms with van der Waals surface area (Å²) in [5, 5.41) is 3.28. The van der Waals surface area contributed by atoms with Crippen molar-refractivity contribution >= 4 is 11.5 Å². The molecule has 1 aliphatic rings. The monoisotopic (exact) mass is 175 g/mol. The largest absolute Gasteiger partial charge is 0.398 e. The van der Waals surface area contributed by atoms with Crippen LogP contribution in [0.5, 0.6) is 0 Å². The van der Waals surface area contributed by atoms with Crippen molar-refractivity contribution in [1.29, 1.82) is 0 Å². The van der Waals surface area contributed by atoms with Crippen molar-refractivity contribution < 1.29 is 0 Å². The molecule has 1 heterocycles. The zero-order valence-electron chi connectivity index (χ0n) is 7.62. The molecular formula is C10H13N3. The number of hydrogen-bond acceptors (Lipinski definition) is 3.